The molecule has 3 aromatic rings. The van der Waals surface area contributed by atoms with Crippen LogP contribution in [-0.2, 0) is 0 Å². The first-order chi connectivity index (χ1) is 10.1. The van der Waals surface area contributed by atoms with E-state index >= 15 is 0 Å². The van der Waals surface area contributed by atoms with Crippen molar-refractivity contribution in [2.24, 2.45) is 0 Å². The molecule has 0 fully saturated rings. The minimum absolute atomic E-state index is 0.323. The molecule has 21 heavy (non-hydrogen) atoms. The summed E-state index contributed by atoms with van der Waals surface area (Å²) in [6, 6.07) is 11.3. The lowest BCUT2D eigenvalue weighted by molar-refractivity contribution is 0.169. The highest BCUT2D eigenvalue weighted by molar-refractivity contribution is 5.94. The van der Waals surface area contributed by atoms with Crippen molar-refractivity contribution in [3.63, 3.8) is 0 Å². The Balaban J connectivity index is 2.38. The molecule has 1 heterocycles. The maximum Gasteiger partial charge on any atom is 0.284 e. The van der Waals surface area contributed by atoms with Crippen molar-refractivity contribution >= 4 is 10.9 Å². The molecule has 0 bridgehead atoms. The van der Waals surface area contributed by atoms with Gasteiger partial charge in [-0.15, -0.1) is 4.73 Å². The molecule has 5 heteroatoms. The quantitative estimate of drug-likeness (QED) is 0.725. The second-order valence-corrected chi connectivity index (χ2v) is 4.54. The fourth-order valence-electron chi connectivity index (χ4n) is 2.34. The van der Waals surface area contributed by atoms with E-state index in [0.717, 1.165) is 4.73 Å². The third-order valence-electron chi connectivity index (χ3n) is 3.27. The van der Waals surface area contributed by atoms with E-state index in [9.17, 15) is 13.6 Å². The summed E-state index contributed by atoms with van der Waals surface area (Å²) in [5, 5.41) is 0.643. The van der Waals surface area contributed by atoms with Crippen LogP contribution in [0.3, 0.4) is 0 Å². The van der Waals surface area contributed by atoms with Crippen LogP contribution in [0.4, 0.5) is 8.78 Å². The SMILES string of the molecule is COn1c(=O)cc(-c2ccc(F)cc2)c2ccc(F)cc21. The van der Waals surface area contributed by atoms with Gasteiger partial charge in [-0.2, -0.15) is 0 Å². The van der Waals surface area contributed by atoms with Gasteiger partial charge in [-0.1, -0.05) is 12.1 Å². The molecule has 0 saturated heterocycles. The lowest BCUT2D eigenvalue weighted by atomic mass is 10.0. The number of rotatable bonds is 2. The molecule has 0 aliphatic rings. The fraction of sp³-hybridized carbons (Fsp3) is 0.0625. The maximum atomic E-state index is 13.5. The van der Waals surface area contributed by atoms with Gasteiger partial charge in [0.25, 0.3) is 5.56 Å². The van der Waals surface area contributed by atoms with Crippen LogP contribution in [0.5, 0.6) is 0 Å². The predicted molar refractivity (Wildman–Crippen MR) is 76.1 cm³/mol. The van der Waals surface area contributed by atoms with Crippen molar-refractivity contribution in [1.29, 1.82) is 0 Å². The van der Waals surface area contributed by atoms with Crippen LogP contribution in [-0.4, -0.2) is 11.8 Å². The first-order valence-electron chi connectivity index (χ1n) is 6.26. The Morgan fingerprint density at radius 3 is 2.29 bits per heavy atom. The molecule has 0 aliphatic heterocycles. The summed E-state index contributed by atoms with van der Waals surface area (Å²) >= 11 is 0. The molecule has 106 valence electrons. The van der Waals surface area contributed by atoms with Gasteiger partial charge in [0.2, 0.25) is 0 Å². The highest BCUT2D eigenvalue weighted by Gasteiger charge is 2.11. The molecule has 0 unspecified atom stereocenters. The topological polar surface area (TPSA) is 31.2 Å². The number of fused-ring (bicyclic) bond motifs is 1. The van der Waals surface area contributed by atoms with E-state index in [4.69, 9.17) is 4.84 Å². The van der Waals surface area contributed by atoms with Gasteiger partial charge in [-0.25, -0.2) is 8.78 Å². The van der Waals surface area contributed by atoms with Gasteiger partial charge in [0.05, 0.1) is 5.52 Å². The molecule has 3 nitrogen and oxygen atoms in total. The third kappa shape index (κ3) is 2.27. The largest absolute Gasteiger partial charge is 0.413 e. The van der Waals surface area contributed by atoms with E-state index < -0.39 is 11.4 Å². The van der Waals surface area contributed by atoms with E-state index in [0.29, 0.717) is 22.0 Å². The van der Waals surface area contributed by atoms with Crippen molar-refractivity contribution in [1.82, 2.24) is 4.73 Å². The summed E-state index contributed by atoms with van der Waals surface area (Å²) in [6.07, 6.45) is 0. The average Bonchev–Trinajstić information content (AvgIpc) is 2.47. The van der Waals surface area contributed by atoms with Crippen LogP contribution >= 0.6 is 0 Å². The number of hydrogen-bond donors (Lipinski definition) is 0. The van der Waals surface area contributed by atoms with Crippen molar-refractivity contribution in [2.75, 3.05) is 7.11 Å². The summed E-state index contributed by atoms with van der Waals surface area (Å²) < 4.78 is 27.5. The zero-order chi connectivity index (χ0) is 15.0. The molecule has 0 aliphatic carbocycles. The Hall–Kier alpha value is -2.69. The number of pyridine rings is 1. The molecular formula is C16H11F2NO2. The molecule has 0 atom stereocenters. The Kier molecular flexibility index (Phi) is 3.17. The third-order valence-corrected chi connectivity index (χ3v) is 3.27. The Labute approximate surface area is 119 Å². The Morgan fingerprint density at radius 1 is 0.952 bits per heavy atom. The molecule has 1 aromatic heterocycles. The summed E-state index contributed by atoms with van der Waals surface area (Å²) in [4.78, 5) is 17.1. The molecule has 0 amide bonds. The van der Waals surface area contributed by atoms with E-state index in [-0.39, 0.29) is 5.82 Å². The van der Waals surface area contributed by atoms with Crippen molar-refractivity contribution in [3.05, 3.63) is 70.5 Å². The minimum atomic E-state index is -0.469. The molecule has 3 rings (SSSR count). The molecule has 0 spiro atoms. The monoisotopic (exact) mass is 287 g/mol. The van der Waals surface area contributed by atoms with Crippen molar-refractivity contribution in [3.8, 4) is 11.1 Å². The number of aromatic nitrogens is 1. The van der Waals surface area contributed by atoms with Gasteiger partial charge in [0.15, 0.2) is 0 Å². The minimum Gasteiger partial charge on any atom is -0.413 e. The number of nitrogens with zero attached hydrogens (tertiary/aromatic N) is 1. The standard InChI is InChI=1S/C16H11F2NO2/c1-21-19-15-8-12(18)6-7-13(15)14(9-16(19)20)10-2-4-11(17)5-3-10/h2-9H,1H3. The van der Waals surface area contributed by atoms with Gasteiger partial charge in [-0.05, 0) is 35.4 Å². The lowest BCUT2D eigenvalue weighted by Crippen LogP contribution is -2.24. The second-order valence-electron chi connectivity index (χ2n) is 4.54. The van der Waals surface area contributed by atoms with Crippen LogP contribution < -0.4 is 10.4 Å². The summed E-state index contributed by atoms with van der Waals surface area (Å²) in [5.41, 5.74) is 1.18. The number of benzene rings is 2. The van der Waals surface area contributed by atoms with Crippen LogP contribution in [0, 0.1) is 11.6 Å². The first-order valence-corrected chi connectivity index (χ1v) is 6.26. The maximum absolute atomic E-state index is 13.5. The molecular weight excluding hydrogens is 276 g/mol. The van der Waals surface area contributed by atoms with Crippen LogP contribution in [0.25, 0.3) is 22.0 Å². The van der Waals surface area contributed by atoms with E-state index in [1.165, 1.54) is 37.4 Å². The molecule has 0 saturated carbocycles. The van der Waals surface area contributed by atoms with Crippen LogP contribution in [0.15, 0.2) is 53.3 Å². The van der Waals surface area contributed by atoms with Crippen LogP contribution in [0.2, 0.25) is 0 Å². The van der Waals surface area contributed by atoms with Crippen molar-refractivity contribution in [2.45, 2.75) is 0 Å². The molecule has 0 N–H and O–H groups in total. The number of halogens is 2. The summed E-state index contributed by atoms with van der Waals surface area (Å²) in [6.45, 7) is 0. The summed E-state index contributed by atoms with van der Waals surface area (Å²) in [7, 11) is 1.34. The van der Waals surface area contributed by atoms with E-state index in [2.05, 4.69) is 0 Å². The van der Waals surface area contributed by atoms with E-state index in [1.807, 2.05) is 0 Å². The van der Waals surface area contributed by atoms with Gasteiger partial charge in [-0.3, -0.25) is 4.79 Å². The zero-order valence-electron chi connectivity index (χ0n) is 11.1. The van der Waals surface area contributed by atoms with Gasteiger partial charge >= 0.3 is 0 Å². The number of hydrogen-bond acceptors (Lipinski definition) is 2. The highest BCUT2D eigenvalue weighted by atomic mass is 19.1. The van der Waals surface area contributed by atoms with Gasteiger partial charge in [0, 0.05) is 17.5 Å². The molecule has 0 radical (unpaired) electrons. The average molecular weight is 287 g/mol. The van der Waals surface area contributed by atoms with E-state index in [1.54, 1.807) is 18.2 Å². The summed E-state index contributed by atoms with van der Waals surface area (Å²) in [5.74, 6) is -0.830. The predicted octanol–water partition coefficient (Wildman–Crippen LogP) is 3.01. The first kappa shape index (κ1) is 13.3. The normalized spacial score (nSPS) is 10.8. The molecule has 2 aromatic carbocycles. The Morgan fingerprint density at radius 2 is 1.62 bits per heavy atom. The van der Waals surface area contributed by atoms with Gasteiger partial charge < -0.3 is 4.84 Å². The van der Waals surface area contributed by atoms with Crippen molar-refractivity contribution < 1.29 is 13.6 Å². The Bertz CT molecular complexity index is 870. The second kappa shape index (κ2) is 5.01. The van der Waals surface area contributed by atoms with Gasteiger partial charge in [0.1, 0.15) is 18.7 Å². The highest BCUT2D eigenvalue weighted by Crippen LogP contribution is 2.27. The fourth-order valence-corrected chi connectivity index (χ4v) is 2.34. The zero-order valence-corrected chi connectivity index (χ0v) is 11.1. The lowest BCUT2D eigenvalue weighted by Gasteiger charge is -2.12. The van der Waals surface area contributed by atoms with Crippen LogP contribution in [0.1, 0.15) is 0 Å². The smallest absolute Gasteiger partial charge is 0.284 e.